The molecule has 2 fully saturated rings. The molecule has 184 valence electrons. The maximum Gasteiger partial charge on any atom is 0.311 e. The number of carboxylic acid groups (broad SMARTS) is 1. The number of carbonyl (C=O) groups excluding carboxylic acids is 1. The molecule has 1 aliphatic heterocycles. The second-order valence-electron chi connectivity index (χ2n) is 9.70. The molecule has 3 aromatic rings. The van der Waals surface area contributed by atoms with Crippen molar-refractivity contribution in [3.05, 3.63) is 69.3 Å². The molecule has 2 unspecified atom stereocenters. The van der Waals surface area contributed by atoms with Gasteiger partial charge in [0.15, 0.2) is 0 Å². The lowest BCUT2D eigenvalue weighted by Crippen LogP contribution is -2.47. The number of hydrogen-bond acceptors (Lipinski definition) is 3. The first-order chi connectivity index (χ1) is 16.8. The zero-order valence-corrected chi connectivity index (χ0v) is 21.0. The average Bonchev–Trinajstić information content (AvgIpc) is 3.59. The number of carbonyl (C=O) groups is 2. The lowest BCUT2D eigenvalue weighted by atomic mass is 9.82. The number of hydrogen-bond donors (Lipinski definition) is 2. The number of aliphatic carboxylic acids is 1. The number of benzene rings is 2. The highest BCUT2D eigenvalue weighted by molar-refractivity contribution is 6.45. The van der Waals surface area contributed by atoms with Gasteiger partial charge in [-0.05, 0) is 48.1 Å². The van der Waals surface area contributed by atoms with Crippen LogP contribution >= 0.6 is 23.2 Å². The largest absolute Gasteiger partial charge is 0.481 e. The summed E-state index contributed by atoms with van der Waals surface area (Å²) < 4.78 is 7.52. The summed E-state index contributed by atoms with van der Waals surface area (Å²) in [4.78, 5) is 25.5. The Balaban J connectivity index is 1.44. The Bertz CT molecular complexity index is 1270. The van der Waals surface area contributed by atoms with Crippen molar-refractivity contribution in [3.8, 4) is 0 Å². The molecule has 35 heavy (non-hydrogen) atoms. The minimum Gasteiger partial charge on any atom is -0.481 e. The molecule has 8 heteroatoms. The molecule has 1 amide bonds. The zero-order valence-electron chi connectivity index (χ0n) is 19.5. The number of amides is 1. The number of aryl methyl sites for hydroxylation is 1. The van der Waals surface area contributed by atoms with E-state index >= 15 is 0 Å². The standard InChI is InChI=1S/C27H28Cl2N2O4/c1-31-21-11-10-20(28)24(29)19(21)14-22(31)25(32)30-27(12-13-35-15-27)18-8-6-17(7-9-18)23(26(33)34)16-4-2-3-5-16/h6-11,14,16,23H,2-5,12-13,15H2,1H3,(H,30,32)(H,33,34). The second kappa shape index (κ2) is 9.49. The molecule has 6 nitrogen and oxygen atoms in total. The van der Waals surface area contributed by atoms with E-state index in [9.17, 15) is 14.7 Å². The third kappa shape index (κ3) is 4.32. The van der Waals surface area contributed by atoms with Crippen LogP contribution in [0.5, 0.6) is 0 Å². The van der Waals surface area contributed by atoms with Gasteiger partial charge in [0.2, 0.25) is 0 Å². The van der Waals surface area contributed by atoms with Gasteiger partial charge in [0.05, 0.1) is 28.1 Å². The first kappa shape index (κ1) is 24.2. The molecule has 2 aliphatic rings. The van der Waals surface area contributed by atoms with E-state index in [4.69, 9.17) is 27.9 Å². The van der Waals surface area contributed by atoms with E-state index in [1.807, 2.05) is 37.4 Å². The highest BCUT2D eigenvalue weighted by Gasteiger charge is 2.39. The minimum atomic E-state index is -0.772. The number of aromatic nitrogens is 1. The Labute approximate surface area is 214 Å². The summed E-state index contributed by atoms with van der Waals surface area (Å²) in [7, 11) is 1.82. The van der Waals surface area contributed by atoms with Crippen LogP contribution in [0.25, 0.3) is 10.9 Å². The average molecular weight is 515 g/mol. The molecule has 1 aromatic heterocycles. The molecule has 0 bridgehead atoms. The van der Waals surface area contributed by atoms with Gasteiger partial charge in [-0.3, -0.25) is 9.59 Å². The van der Waals surface area contributed by atoms with Gasteiger partial charge in [0, 0.05) is 31.0 Å². The number of halogens is 2. The van der Waals surface area contributed by atoms with Crippen molar-refractivity contribution in [1.82, 2.24) is 9.88 Å². The van der Waals surface area contributed by atoms with Crippen molar-refractivity contribution in [2.75, 3.05) is 13.2 Å². The fourth-order valence-corrected chi connectivity index (χ4v) is 6.11. The van der Waals surface area contributed by atoms with Gasteiger partial charge in [0.1, 0.15) is 5.69 Å². The number of nitrogens with one attached hydrogen (secondary N) is 1. The SMILES string of the molecule is Cn1c(C(=O)NC2(c3ccc(C(C(=O)O)C4CCCC4)cc3)CCOC2)cc2c(Cl)c(Cl)ccc21. The van der Waals surface area contributed by atoms with Gasteiger partial charge in [-0.1, -0.05) is 60.3 Å². The predicted molar refractivity (Wildman–Crippen MR) is 136 cm³/mol. The monoisotopic (exact) mass is 514 g/mol. The van der Waals surface area contributed by atoms with E-state index in [0.717, 1.165) is 47.7 Å². The zero-order chi connectivity index (χ0) is 24.7. The molecule has 2 heterocycles. The number of fused-ring (bicyclic) bond motifs is 1. The number of carboxylic acids is 1. The number of nitrogens with zero attached hydrogens (tertiary/aromatic N) is 1. The molecule has 1 saturated heterocycles. The van der Waals surface area contributed by atoms with Crippen molar-refractivity contribution in [2.45, 2.75) is 43.6 Å². The second-order valence-corrected chi connectivity index (χ2v) is 10.5. The van der Waals surface area contributed by atoms with E-state index in [1.165, 1.54) is 0 Å². The maximum atomic E-state index is 13.5. The van der Waals surface area contributed by atoms with E-state index in [0.29, 0.717) is 35.4 Å². The molecule has 5 rings (SSSR count). The van der Waals surface area contributed by atoms with Crippen molar-refractivity contribution in [1.29, 1.82) is 0 Å². The van der Waals surface area contributed by atoms with Crippen LogP contribution in [0.3, 0.4) is 0 Å². The smallest absolute Gasteiger partial charge is 0.311 e. The Morgan fingerprint density at radius 3 is 2.49 bits per heavy atom. The fraction of sp³-hybridized carbons (Fsp3) is 0.407. The van der Waals surface area contributed by atoms with Crippen LogP contribution in [0, 0.1) is 5.92 Å². The van der Waals surface area contributed by atoms with Crippen LogP contribution in [0.2, 0.25) is 10.0 Å². The van der Waals surface area contributed by atoms with Gasteiger partial charge in [-0.15, -0.1) is 0 Å². The summed E-state index contributed by atoms with van der Waals surface area (Å²) in [6.07, 6.45) is 4.70. The third-order valence-electron chi connectivity index (χ3n) is 7.68. The van der Waals surface area contributed by atoms with Crippen LogP contribution in [-0.4, -0.2) is 34.8 Å². The third-order valence-corrected chi connectivity index (χ3v) is 8.50. The van der Waals surface area contributed by atoms with E-state index in [2.05, 4.69) is 5.32 Å². The lowest BCUT2D eigenvalue weighted by Gasteiger charge is -2.30. The van der Waals surface area contributed by atoms with E-state index < -0.39 is 17.4 Å². The summed E-state index contributed by atoms with van der Waals surface area (Å²) in [5.41, 5.74) is 2.31. The van der Waals surface area contributed by atoms with Gasteiger partial charge in [0.25, 0.3) is 5.91 Å². The summed E-state index contributed by atoms with van der Waals surface area (Å²) in [6.45, 7) is 0.873. The Hall–Kier alpha value is -2.54. The molecular weight excluding hydrogens is 487 g/mol. The summed E-state index contributed by atoms with van der Waals surface area (Å²) in [5, 5.41) is 14.7. The summed E-state index contributed by atoms with van der Waals surface area (Å²) >= 11 is 12.5. The van der Waals surface area contributed by atoms with Gasteiger partial charge in [-0.25, -0.2) is 0 Å². The van der Waals surface area contributed by atoms with Crippen molar-refractivity contribution < 1.29 is 19.4 Å². The van der Waals surface area contributed by atoms with Crippen LogP contribution in [-0.2, 0) is 22.1 Å². The summed E-state index contributed by atoms with van der Waals surface area (Å²) in [6, 6.07) is 13.0. The topological polar surface area (TPSA) is 80.6 Å². The van der Waals surface area contributed by atoms with Crippen molar-refractivity contribution in [2.24, 2.45) is 13.0 Å². The maximum absolute atomic E-state index is 13.5. The Morgan fingerprint density at radius 1 is 1.14 bits per heavy atom. The van der Waals surface area contributed by atoms with Crippen LogP contribution in [0.15, 0.2) is 42.5 Å². The van der Waals surface area contributed by atoms with Crippen LogP contribution in [0.4, 0.5) is 0 Å². The lowest BCUT2D eigenvalue weighted by molar-refractivity contribution is -0.140. The molecule has 2 atom stereocenters. The van der Waals surface area contributed by atoms with E-state index in [1.54, 1.807) is 16.7 Å². The molecule has 2 aromatic carbocycles. The predicted octanol–water partition coefficient (Wildman–Crippen LogP) is 5.89. The van der Waals surface area contributed by atoms with Gasteiger partial charge < -0.3 is 19.7 Å². The molecular formula is C27H28Cl2N2O4. The Kier molecular flexibility index (Phi) is 6.55. The molecule has 2 N–H and O–H groups in total. The van der Waals surface area contributed by atoms with Crippen molar-refractivity contribution in [3.63, 3.8) is 0 Å². The van der Waals surface area contributed by atoms with E-state index in [-0.39, 0.29) is 11.8 Å². The van der Waals surface area contributed by atoms with Crippen molar-refractivity contribution >= 4 is 46.0 Å². The first-order valence-corrected chi connectivity index (χ1v) is 12.7. The Morgan fingerprint density at radius 2 is 1.86 bits per heavy atom. The normalized spacial score (nSPS) is 21.5. The van der Waals surface area contributed by atoms with Crippen LogP contribution < -0.4 is 5.32 Å². The number of rotatable bonds is 6. The molecule has 1 saturated carbocycles. The highest BCUT2D eigenvalue weighted by Crippen LogP contribution is 2.39. The first-order valence-electron chi connectivity index (χ1n) is 12.0. The van der Waals surface area contributed by atoms with Gasteiger partial charge >= 0.3 is 5.97 Å². The fourth-order valence-electron chi connectivity index (χ4n) is 5.73. The number of ether oxygens (including phenoxy) is 1. The van der Waals surface area contributed by atoms with Gasteiger partial charge in [-0.2, -0.15) is 0 Å². The molecule has 0 spiro atoms. The quantitative estimate of drug-likeness (QED) is 0.429. The highest BCUT2D eigenvalue weighted by atomic mass is 35.5. The molecule has 0 radical (unpaired) electrons. The molecule has 1 aliphatic carbocycles. The minimum absolute atomic E-state index is 0.175. The summed E-state index contributed by atoms with van der Waals surface area (Å²) in [5.74, 6) is -1.33. The van der Waals surface area contributed by atoms with Crippen LogP contribution in [0.1, 0.15) is 59.6 Å².